The van der Waals surface area contributed by atoms with Crippen LogP contribution in [0, 0.1) is 5.92 Å². The molecule has 1 saturated carbocycles. The third-order valence-electron chi connectivity index (χ3n) is 5.54. The zero-order chi connectivity index (χ0) is 24.2. The van der Waals surface area contributed by atoms with Gasteiger partial charge in [0.15, 0.2) is 11.2 Å². The predicted molar refractivity (Wildman–Crippen MR) is 128 cm³/mol. The minimum atomic E-state index is -0.283. The van der Waals surface area contributed by atoms with Crippen molar-refractivity contribution in [2.75, 3.05) is 18.5 Å². The van der Waals surface area contributed by atoms with Crippen LogP contribution in [-0.2, 0) is 11.3 Å². The lowest BCUT2D eigenvalue weighted by Gasteiger charge is -2.09. The van der Waals surface area contributed by atoms with Gasteiger partial charge in [0.1, 0.15) is 0 Å². The highest BCUT2D eigenvalue weighted by Gasteiger charge is 2.29. The summed E-state index contributed by atoms with van der Waals surface area (Å²) in [5, 5.41) is 26.0. The third kappa shape index (κ3) is 5.25. The maximum atomic E-state index is 12.2. The minimum absolute atomic E-state index is 0.0972. The average molecular weight is 473 g/mol. The molecule has 178 valence electrons. The summed E-state index contributed by atoms with van der Waals surface area (Å²) in [4.78, 5) is 33.0. The van der Waals surface area contributed by atoms with Crippen LogP contribution in [0.25, 0.3) is 16.9 Å². The van der Waals surface area contributed by atoms with Gasteiger partial charge in [-0.05, 0) is 48.7 Å². The van der Waals surface area contributed by atoms with E-state index in [1.165, 1.54) is 0 Å². The van der Waals surface area contributed by atoms with Crippen LogP contribution < -0.4 is 16.0 Å². The molecule has 0 bridgehead atoms. The second kappa shape index (κ2) is 9.85. The molecule has 0 atom stereocenters. The molecule has 5 rings (SSSR count). The summed E-state index contributed by atoms with van der Waals surface area (Å²) in [6, 6.07) is 14.6. The summed E-state index contributed by atoms with van der Waals surface area (Å²) in [5.74, 6) is 0.298. The van der Waals surface area contributed by atoms with E-state index in [9.17, 15) is 9.59 Å². The van der Waals surface area contributed by atoms with Crippen LogP contribution in [-0.4, -0.2) is 55.0 Å². The second-order valence-corrected chi connectivity index (χ2v) is 8.25. The highest BCUT2D eigenvalue weighted by molar-refractivity contribution is 5.95. The molecule has 0 aliphatic heterocycles. The van der Waals surface area contributed by atoms with Gasteiger partial charge >= 0.3 is 0 Å². The molecule has 35 heavy (non-hydrogen) atoms. The molecule has 2 heterocycles. The van der Waals surface area contributed by atoms with Crippen molar-refractivity contribution < 1.29 is 14.7 Å². The topological polar surface area (TPSA) is 147 Å². The number of aliphatic hydroxyl groups excluding tert-OH is 1. The van der Waals surface area contributed by atoms with E-state index in [-0.39, 0.29) is 30.9 Å². The van der Waals surface area contributed by atoms with Crippen LogP contribution in [0.4, 0.5) is 11.6 Å². The quantitative estimate of drug-likeness (QED) is 0.288. The lowest BCUT2D eigenvalue weighted by atomic mass is 10.2. The molecule has 4 aromatic rings. The highest BCUT2D eigenvalue weighted by atomic mass is 16.3. The molecular weight excluding hydrogens is 448 g/mol. The minimum Gasteiger partial charge on any atom is -0.395 e. The molecule has 1 aliphatic carbocycles. The van der Waals surface area contributed by atoms with Crippen LogP contribution in [0.15, 0.2) is 54.7 Å². The number of amides is 2. The zero-order valence-corrected chi connectivity index (χ0v) is 18.8. The van der Waals surface area contributed by atoms with E-state index in [1.807, 2.05) is 24.3 Å². The van der Waals surface area contributed by atoms with Gasteiger partial charge in [-0.1, -0.05) is 23.4 Å². The molecule has 11 nitrogen and oxygen atoms in total. The van der Waals surface area contributed by atoms with Gasteiger partial charge in [0.2, 0.25) is 11.9 Å². The molecule has 0 unspecified atom stereocenters. The largest absolute Gasteiger partial charge is 0.395 e. The van der Waals surface area contributed by atoms with Crippen molar-refractivity contribution in [2.24, 2.45) is 5.92 Å². The van der Waals surface area contributed by atoms with Crippen LogP contribution in [0.3, 0.4) is 0 Å². The number of anilines is 2. The van der Waals surface area contributed by atoms with E-state index in [4.69, 9.17) is 5.11 Å². The monoisotopic (exact) mass is 472 g/mol. The Morgan fingerprint density at radius 3 is 2.77 bits per heavy atom. The van der Waals surface area contributed by atoms with E-state index in [0.717, 1.165) is 24.1 Å². The average Bonchev–Trinajstić information content (AvgIpc) is 3.66. The first-order valence-electron chi connectivity index (χ1n) is 11.3. The highest BCUT2D eigenvalue weighted by Crippen LogP contribution is 2.28. The number of hydrogen-bond donors (Lipinski definition) is 4. The van der Waals surface area contributed by atoms with E-state index < -0.39 is 0 Å². The summed E-state index contributed by atoms with van der Waals surface area (Å²) in [6.45, 7) is 0.498. The summed E-state index contributed by atoms with van der Waals surface area (Å²) in [5.41, 5.74) is 3.83. The van der Waals surface area contributed by atoms with Gasteiger partial charge in [-0.2, -0.15) is 9.67 Å². The fourth-order valence-electron chi connectivity index (χ4n) is 3.58. The first-order valence-corrected chi connectivity index (χ1v) is 11.3. The fourth-order valence-corrected chi connectivity index (χ4v) is 3.58. The lowest BCUT2D eigenvalue weighted by molar-refractivity contribution is -0.122. The van der Waals surface area contributed by atoms with E-state index in [0.29, 0.717) is 34.9 Å². The first kappa shape index (κ1) is 22.4. The zero-order valence-electron chi connectivity index (χ0n) is 18.8. The molecule has 4 N–H and O–H groups in total. The van der Waals surface area contributed by atoms with E-state index >= 15 is 0 Å². The maximum Gasteiger partial charge on any atom is 0.251 e. The Morgan fingerprint density at radius 2 is 1.94 bits per heavy atom. The predicted octanol–water partition coefficient (Wildman–Crippen LogP) is 1.70. The van der Waals surface area contributed by atoms with Crippen molar-refractivity contribution in [1.29, 1.82) is 0 Å². The number of aliphatic hydroxyl groups is 1. The lowest BCUT2D eigenvalue weighted by Crippen LogP contribution is -2.26. The molecule has 2 amide bonds. The van der Waals surface area contributed by atoms with Crippen LogP contribution >= 0.6 is 0 Å². The van der Waals surface area contributed by atoms with Crippen molar-refractivity contribution >= 4 is 34.6 Å². The Balaban J connectivity index is 1.35. The van der Waals surface area contributed by atoms with Crippen LogP contribution in [0.5, 0.6) is 0 Å². The van der Waals surface area contributed by atoms with Crippen molar-refractivity contribution in [3.8, 4) is 5.69 Å². The van der Waals surface area contributed by atoms with Gasteiger partial charge in [0, 0.05) is 30.3 Å². The third-order valence-corrected chi connectivity index (χ3v) is 5.54. The molecule has 11 heteroatoms. The Morgan fingerprint density at radius 1 is 1.09 bits per heavy atom. The van der Waals surface area contributed by atoms with Crippen molar-refractivity contribution in [2.45, 2.75) is 19.4 Å². The Hall–Kier alpha value is -4.38. The second-order valence-electron chi connectivity index (χ2n) is 8.25. The van der Waals surface area contributed by atoms with Gasteiger partial charge in [-0.15, -0.1) is 5.10 Å². The first-order chi connectivity index (χ1) is 17.1. The molecule has 0 spiro atoms. The van der Waals surface area contributed by atoms with Crippen molar-refractivity contribution in [3.63, 3.8) is 0 Å². The Labute approximate surface area is 200 Å². The van der Waals surface area contributed by atoms with Crippen molar-refractivity contribution in [1.82, 2.24) is 35.6 Å². The number of hydrogen-bond acceptors (Lipinski definition) is 8. The SMILES string of the molecule is O=C(NCCO)c1cccc(Nc2ncc3nnn(-c4cccc(CNC(=O)C5CC5)c4)c3n2)c1. The Kier molecular flexibility index (Phi) is 6.31. The number of rotatable bonds is 9. The normalized spacial score (nSPS) is 12.9. The van der Waals surface area contributed by atoms with Crippen LogP contribution in [0.1, 0.15) is 28.8 Å². The molecule has 1 aliphatic rings. The summed E-state index contributed by atoms with van der Waals surface area (Å²) >= 11 is 0. The van der Waals surface area contributed by atoms with Crippen LogP contribution in [0.2, 0.25) is 0 Å². The number of carbonyl (C=O) groups is 2. The number of nitrogens with one attached hydrogen (secondary N) is 3. The van der Waals surface area contributed by atoms with E-state index in [1.54, 1.807) is 35.1 Å². The standard InChI is InChI=1S/C24H24N8O3/c33-10-9-25-23(35)17-4-2-5-18(12-17)28-24-27-14-20-21(29-24)32(31-30-20)19-6-1-3-15(11-19)13-26-22(34)16-7-8-16/h1-6,11-12,14,16,33H,7-10,13H2,(H,25,35)(H,26,34)(H,27,28,29). The molecule has 1 fully saturated rings. The van der Waals surface area contributed by atoms with Crippen molar-refractivity contribution in [3.05, 3.63) is 65.9 Å². The Bertz CT molecular complexity index is 1380. The summed E-state index contributed by atoms with van der Waals surface area (Å²) in [7, 11) is 0. The van der Waals surface area contributed by atoms with Gasteiger partial charge < -0.3 is 21.1 Å². The van der Waals surface area contributed by atoms with Gasteiger partial charge in [0.25, 0.3) is 5.91 Å². The summed E-state index contributed by atoms with van der Waals surface area (Å²) in [6.07, 6.45) is 3.51. The fraction of sp³-hybridized carbons (Fsp3) is 0.250. The number of nitrogens with zero attached hydrogens (tertiary/aromatic N) is 5. The number of aromatic nitrogens is 5. The molecule has 2 aromatic carbocycles. The molecule has 0 saturated heterocycles. The van der Waals surface area contributed by atoms with E-state index in [2.05, 4.69) is 36.2 Å². The van der Waals surface area contributed by atoms with Gasteiger partial charge in [-0.3, -0.25) is 9.59 Å². The number of fused-ring (bicyclic) bond motifs is 1. The van der Waals surface area contributed by atoms with Gasteiger partial charge in [0.05, 0.1) is 18.5 Å². The molecule has 2 aromatic heterocycles. The number of benzene rings is 2. The maximum absolute atomic E-state index is 12.2. The molecule has 0 radical (unpaired) electrons. The summed E-state index contributed by atoms with van der Waals surface area (Å²) < 4.78 is 1.62. The molecular formula is C24H24N8O3. The smallest absolute Gasteiger partial charge is 0.251 e. The number of carbonyl (C=O) groups excluding carboxylic acids is 2. The van der Waals surface area contributed by atoms with Gasteiger partial charge in [-0.25, -0.2) is 4.98 Å².